The summed E-state index contributed by atoms with van der Waals surface area (Å²) in [5.41, 5.74) is 0.664. The lowest BCUT2D eigenvalue weighted by Crippen LogP contribution is -1.88. The molecule has 0 radical (unpaired) electrons. The molecule has 17 heavy (non-hydrogen) atoms. The number of benzene rings is 2. The largest absolute Gasteiger partial charge is 0.508 e. The number of hydrogen-bond donors (Lipinski definition) is 3. The van der Waals surface area contributed by atoms with E-state index in [-0.39, 0.29) is 16.4 Å². The zero-order chi connectivity index (χ0) is 12.4. The van der Waals surface area contributed by atoms with Crippen LogP contribution in [0.25, 0.3) is 11.1 Å². The van der Waals surface area contributed by atoms with Gasteiger partial charge in [0.1, 0.15) is 11.5 Å². The molecule has 0 saturated carbocycles. The molecule has 0 spiro atoms. The molecule has 0 heterocycles. The Morgan fingerprint density at radius 2 is 1.59 bits per heavy atom. The number of aromatic hydroxyl groups is 2. The Labute approximate surface area is 99.7 Å². The lowest BCUT2D eigenvalue weighted by Gasteiger charge is -2.07. The van der Waals surface area contributed by atoms with Crippen LogP contribution in [0.3, 0.4) is 0 Å². The van der Waals surface area contributed by atoms with Crippen LogP contribution in [0.15, 0.2) is 47.4 Å². The first-order valence-electron chi connectivity index (χ1n) is 4.85. The van der Waals surface area contributed by atoms with Crippen LogP contribution >= 0.6 is 0 Å². The van der Waals surface area contributed by atoms with Crippen LogP contribution < -0.4 is 0 Å². The van der Waals surface area contributed by atoms with Crippen molar-refractivity contribution >= 4 is 10.7 Å². The van der Waals surface area contributed by atoms with Crippen molar-refractivity contribution in [2.45, 2.75) is 4.90 Å². The maximum absolute atomic E-state index is 11.1. The highest BCUT2D eigenvalue weighted by molar-refractivity contribution is 7.72. The fourth-order valence-corrected chi connectivity index (χ4v) is 2.18. The molecule has 88 valence electrons. The van der Waals surface area contributed by atoms with Crippen molar-refractivity contribution < 1.29 is 18.6 Å². The van der Waals surface area contributed by atoms with E-state index in [9.17, 15) is 18.6 Å². The first-order chi connectivity index (χ1) is 8.09. The topological polar surface area (TPSA) is 74.6 Å². The SMILES string of the molecule is O=[SH](=O)c1ccc(O)cc1-c1ccccc1O. The average molecular weight is 250 g/mol. The molecule has 2 aromatic rings. The van der Waals surface area contributed by atoms with Gasteiger partial charge in [-0.15, -0.1) is 0 Å². The maximum atomic E-state index is 11.1. The molecular formula is C12H10O4S. The molecule has 0 aromatic heterocycles. The van der Waals surface area contributed by atoms with E-state index in [4.69, 9.17) is 0 Å². The lowest BCUT2D eigenvalue weighted by molar-refractivity contribution is 0.473. The Morgan fingerprint density at radius 1 is 0.882 bits per heavy atom. The van der Waals surface area contributed by atoms with Gasteiger partial charge in [0.25, 0.3) is 0 Å². The molecule has 0 aliphatic rings. The molecule has 0 fully saturated rings. The number of para-hydroxylation sites is 1. The van der Waals surface area contributed by atoms with E-state index in [0.29, 0.717) is 11.1 Å². The Balaban J connectivity index is 2.74. The third-order valence-corrected chi connectivity index (χ3v) is 3.15. The van der Waals surface area contributed by atoms with Gasteiger partial charge in [-0.1, -0.05) is 18.2 Å². The summed E-state index contributed by atoms with van der Waals surface area (Å²) in [4.78, 5) is 0.0688. The van der Waals surface area contributed by atoms with Crippen LogP contribution in [0.1, 0.15) is 0 Å². The van der Waals surface area contributed by atoms with Gasteiger partial charge >= 0.3 is 0 Å². The standard InChI is InChI=1S/C12H10O4S/c13-8-5-6-12(17(15)16)10(7-8)9-3-1-2-4-11(9)14/h1-7,13-14,17H. The van der Waals surface area contributed by atoms with Gasteiger partial charge in [0.15, 0.2) is 10.7 Å². The van der Waals surface area contributed by atoms with E-state index >= 15 is 0 Å². The van der Waals surface area contributed by atoms with Gasteiger partial charge in [0, 0.05) is 11.1 Å². The van der Waals surface area contributed by atoms with E-state index in [1.807, 2.05) is 0 Å². The van der Waals surface area contributed by atoms with E-state index in [1.54, 1.807) is 18.2 Å². The van der Waals surface area contributed by atoms with Crippen molar-refractivity contribution in [2.24, 2.45) is 0 Å². The monoisotopic (exact) mass is 250 g/mol. The third-order valence-electron chi connectivity index (χ3n) is 2.37. The zero-order valence-corrected chi connectivity index (χ0v) is 9.59. The van der Waals surface area contributed by atoms with Crippen LogP contribution in [0.5, 0.6) is 11.5 Å². The van der Waals surface area contributed by atoms with Crippen LogP contribution in [0.4, 0.5) is 0 Å². The summed E-state index contributed by atoms with van der Waals surface area (Å²) in [7, 11) is -2.79. The van der Waals surface area contributed by atoms with E-state index < -0.39 is 10.7 Å². The Kier molecular flexibility index (Phi) is 3.01. The van der Waals surface area contributed by atoms with Crippen molar-refractivity contribution in [3.63, 3.8) is 0 Å². The molecule has 2 N–H and O–H groups in total. The van der Waals surface area contributed by atoms with Gasteiger partial charge in [0.05, 0.1) is 4.90 Å². The zero-order valence-electron chi connectivity index (χ0n) is 8.70. The number of rotatable bonds is 2. The molecule has 0 amide bonds. The summed E-state index contributed by atoms with van der Waals surface area (Å²) in [6.07, 6.45) is 0. The first kappa shape index (κ1) is 11.5. The van der Waals surface area contributed by atoms with E-state index in [0.717, 1.165) is 0 Å². The second-order valence-corrected chi connectivity index (χ2v) is 4.47. The number of hydrogen-bond acceptors (Lipinski definition) is 4. The fraction of sp³-hybridized carbons (Fsp3) is 0. The predicted molar refractivity (Wildman–Crippen MR) is 63.8 cm³/mol. The van der Waals surface area contributed by atoms with Crippen molar-refractivity contribution in [1.29, 1.82) is 0 Å². The smallest absolute Gasteiger partial charge is 0.168 e. The summed E-state index contributed by atoms with van der Waals surface area (Å²) in [6.45, 7) is 0. The van der Waals surface area contributed by atoms with Gasteiger partial charge in [-0.2, -0.15) is 0 Å². The molecule has 0 aliphatic heterocycles. The van der Waals surface area contributed by atoms with Crippen molar-refractivity contribution in [2.75, 3.05) is 0 Å². The van der Waals surface area contributed by atoms with Gasteiger partial charge < -0.3 is 10.2 Å². The van der Waals surface area contributed by atoms with Gasteiger partial charge in [-0.05, 0) is 24.3 Å². The minimum absolute atomic E-state index is 0.0313. The van der Waals surface area contributed by atoms with E-state index in [2.05, 4.69) is 0 Å². The normalized spacial score (nSPS) is 10.6. The molecule has 0 atom stereocenters. The number of phenolic OH excluding ortho intramolecular Hbond substituents is 2. The Bertz CT molecular complexity index is 624. The van der Waals surface area contributed by atoms with Crippen LogP contribution in [-0.2, 0) is 10.7 Å². The molecule has 0 unspecified atom stereocenters. The van der Waals surface area contributed by atoms with Gasteiger partial charge in [-0.25, -0.2) is 8.42 Å². The summed E-state index contributed by atoms with van der Waals surface area (Å²) in [5, 5.41) is 19.1. The molecule has 0 bridgehead atoms. The highest BCUT2D eigenvalue weighted by Gasteiger charge is 2.11. The minimum Gasteiger partial charge on any atom is -0.508 e. The van der Waals surface area contributed by atoms with Gasteiger partial charge in [0.2, 0.25) is 0 Å². The molecule has 0 aliphatic carbocycles. The Morgan fingerprint density at radius 3 is 2.24 bits per heavy atom. The number of thiol groups is 1. The minimum atomic E-state index is -2.79. The predicted octanol–water partition coefficient (Wildman–Crippen LogP) is 1.74. The molecule has 2 aromatic carbocycles. The van der Waals surface area contributed by atoms with Crippen molar-refractivity contribution in [3.8, 4) is 22.6 Å². The summed E-state index contributed by atoms with van der Waals surface area (Å²) < 4.78 is 22.2. The highest BCUT2D eigenvalue weighted by Crippen LogP contribution is 2.34. The van der Waals surface area contributed by atoms with E-state index in [1.165, 1.54) is 24.3 Å². The van der Waals surface area contributed by atoms with Gasteiger partial charge in [-0.3, -0.25) is 0 Å². The third kappa shape index (κ3) is 2.24. The van der Waals surface area contributed by atoms with Crippen molar-refractivity contribution in [1.82, 2.24) is 0 Å². The second-order valence-electron chi connectivity index (χ2n) is 3.48. The lowest BCUT2D eigenvalue weighted by atomic mass is 10.0. The second kappa shape index (κ2) is 4.47. The summed E-state index contributed by atoms with van der Waals surface area (Å²) in [6, 6.07) is 10.3. The van der Waals surface area contributed by atoms with Crippen LogP contribution in [0.2, 0.25) is 0 Å². The van der Waals surface area contributed by atoms with Crippen LogP contribution in [0, 0.1) is 0 Å². The Hall–Kier alpha value is -2.01. The molecule has 5 heteroatoms. The number of phenols is 2. The molecule has 0 saturated heterocycles. The first-order valence-corrected chi connectivity index (χ1v) is 6.03. The molecular weight excluding hydrogens is 240 g/mol. The summed E-state index contributed by atoms with van der Waals surface area (Å²) >= 11 is 0. The average Bonchev–Trinajstić information content (AvgIpc) is 2.29. The van der Waals surface area contributed by atoms with Crippen LogP contribution in [-0.4, -0.2) is 18.6 Å². The van der Waals surface area contributed by atoms with Crippen molar-refractivity contribution in [3.05, 3.63) is 42.5 Å². The maximum Gasteiger partial charge on any atom is 0.168 e. The molecule has 2 rings (SSSR count). The summed E-state index contributed by atoms with van der Waals surface area (Å²) in [5.74, 6) is -0.0833. The molecule has 4 nitrogen and oxygen atoms in total. The fourth-order valence-electron chi connectivity index (χ4n) is 1.60. The quantitative estimate of drug-likeness (QED) is 0.710. The highest BCUT2D eigenvalue weighted by atomic mass is 32.2.